The molecule has 1 atom stereocenters. The summed E-state index contributed by atoms with van der Waals surface area (Å²) in [6, 6.07) is 11.1. The second-order valence-electron chi connectivity index (χ2n) is 4.25. The van der Waals surface area contributed by atoms with Crippen molar-refractivity contribution in [1.29, 1.82) is 0 Å². The molecule has 1 aromatic heterocycles. The first-order chi connectivity index (χ1) is 9.08. The molecule has 2 rings (SSSR count). The van der Waals surface area contributed by atoms with Crippen molar-refractivity contribution in [3.8, 4) is 0 Å². The lowest BCUT2D eigenvalue weighted by atomic mass is 10.1. The van der Waals surface area contributed by atoms with Gasteiger partial charge in [-0.2, -0.15) is 0 Å². The minimum Gasteiger partial charge on any atom is -0.478 e. The Kier molecular flexibility index (Phi) is 3.66. The van der Waals surface area contributed by atoms with Crippen LogP contribution in [0.1, 0.15) is 28.9 Å². The molecule has 19 heavy (non-hydrogen) atoms. The molecule has 1 unspecified atom stereocenters. The molecule has 1 aromatic carbocycles. The molecule has 0 aliphatic heterocycles. The van der Waals surface area contributed by atoms with Crippen LogP contribution in [0.15, 0.2) is 42.6 Å². The van der Waals surface area contributed by atoms with Crippen molar-refractivity contribution in [2.24, 2.45) is 0 Å². The van der Waals surface area contributed by atoms with Crippen molar-refractivity contribution in [1.82, 2.24) is 4.98 Å². The number of carboxylic acid groups (broad SMARTS) is 1. The number of pyridine rings is 1. The molecule has 0 spiro atoms. The Labute approximate surface area is 111 Å². The van der Waals surface area contributed by atoms with E-state index < -0.39 is 5.97 Å². The Morgan fingerprint density at radius 1 is 1.37 bits per heavy atom. The molecule has 0 bridgehead atoms. The molecule has 0 radical (unpaired) electrons. The molecule has 4 N–H and O–H groups in total. The van der Waals surface area contributed by atoms with Crippen LogP contribution in [0.5, 0.6) is 0 Å². The van der Waals surface area contributed by atoms with Gasteiger partial charge in [0.1, 0.15) is 11.4 Å². The molecule has 5 nitrogen and oxygen atoms in total. The molecule has 98 valence electrons. The maximum absolute atomic E-state index is 11.2. The highest BCUT2D eigenvalue weighted by Gasteiger charge is 2.14. The van der Waals surface area contributed by atoms with E-state index in [-0.39, 0.29) is 11.6 Å². The van der Waals surface area contributed by atoms with Crippen LogP contribution in [-0.4, -0.2) is 16.1 Å². The van der Waals surface area contributed by atoms with Gasteiger partial charge in [0.15, 0.2) is 0 Å². The average Bonchev–Trinajstić information content (AvgIpc) is 2.41. The Balaban J connectivity index is 2.26. The van der Waals surface area contributed by atoms with E-state index in [1.54, 1.807) is 0 Å². The number of hydrogen-bond acceptors (Lipinski definition) is 4. The quantitative estimate of drug-likeness (QED) is 0.783. The highest BCUT2D eigenvalue weighted by molar-refractivity contribution is 5.94. The van der Waals surface area contributed by atoms with Crippen LogP contribution in [0.2, 0.25) is 0 Å². The Morgan fingerprint density at radius 3 is 2.68 bits per heavy atom. The molecule has 1 heterocycles. The van der Waals surface area contributed by atoms with Crippen LogP contribution in [0.25, 0.3) is 0 Å². The number of rotatable bonds is 4. The predicted octanol–water partition coefficient (Wildman–Crippen LogP) is 2.54. The second-order valence-corrected chi connectivity index (χ2v) is 4.25. The molecule has 0 aliphatic rings. The number of benzene rings is 1. The number of nitrogen functional groups attached to an aromatic ring is 1. The molecule has 0 fully saturated rings. The molecule has 0 saturated carbocycles. The topological polar surface area (TPSA) is 88.2 Å². The number of aromatic carboxylic acids is 1. The van der Waals surface area contributed by atoms with E-state index >= 15 is 0 Å². The van der Waals surface area contributed by atoms with Gasteiger partial charge < -0.3 is 16.2 Å². The molecular weight excluding hydrogens is 242 g/mol. The first-order valence-electron chi connectivity index (χ1n) is 5.88. The normalized spacial score (nSPS) is 11.8. The summed E-state index contributed by atoms with van der Waals surface area (Å²) in [5, 5.41) is 12.2. The van der Waals surface area contributed by atoms with Crippen LogP contribution >= 0.6 is 0 Å². The van der Waals surface area contributed by atoms with E-state index in [2.05, 4.69) is 10.3 Å². The van der Waals surface area contributed by atoms with Gasteiger partial charge in [0, 0.05) is 6.04 Å². The summed E-state index contributed by atoms with van der Waals surface area (Å²) in [4.78, 5) is 15.2. The second kappa shape index (κ2) is 5.39. The van der Waals surface area contributed by atoms with Gasteiger partial charge >= 0.3 is 5.97 Å². The maximum atomic E-state index is 11.2. The van der Waals surface area contributed by atoms with Crippen LogP contribution in [-0.2, 0) is 0 Å². The van der Waals surface area contributed by atoms with E-state index in [9.17, 15) is 4.79 Å². The largest absolute Gasteiger partial charge is 0.478 e. The molecule has 2 aromatic rings. The first-order valence-corrected chi connectivity index (χ1v) is 5.88. The highest BCUT2D eigenvalue weighted by atomic mass is 16.4. The zero-order valence-electron chi connectivity index (χ0n) is 10.5. The Bertz CT molecular complexity index is 584. The number of anilines is 2. The monoisotopic (exact) mass is 257 g/mol. The summed E-state index contributed by atoms with van der Waals surface area (Å²) < 4.78 is 0. The van der Waals surface area contributed by atoms with Gasteiger partial charge in [-0.05, 0) is 18.6 Å². The fraction of sp³-hybridized carbons (Fsp3) is 0.143. The lowest BCUT2D eigenvalue weighted by molar-refractivity contribution is 0.0697. The molecule has 0 saturated heterocycles. The van der Waals surface area contributed by atoms with Gasteiger partial charge in [-0.1, -0.05) is 30.3 Å². The fourth-order valence-electron chi connectivity index (χ4n) is 1.79. The minimum absolute atomic E-state index is 0.0459. The number of nitrogens with two attached hydrogens (primary N) is 1. The van der Waals surface area contributed by atoms with Crippen molar-refractivity contribution in [2.45, 2.75) is 13.0 Å². The Hall–Kier alpha value is -2.56. The number of nitrogens with zero attached hydrogens (tertiary/aromatic N) is 1. The molecular formula is C14H15N3O2. The molecule has 5 heteroatoms. The molecule has 0 amide bonds. The van der Waals surface area contributed by atoms with E-state index in [0.717, 1.165) is 5.56 Å². The van der Waals surface area contributed by atoms with Crippen molar-refractivity contribution in [3.63, 3.8) is 0 Å². The van der Waals surface area contributed by atoms with Crippen molar-refractivity contribution < 1.29 is 9.90 Å². The average molecular weight is 257 g/mol. The van der Waals surface area contributed by atoms with Gasteiger partial charge in [-0.15, -0.1) is 0 Å². The number of aromatic nitrogens is 1. The summed E-state index contributed by atoms with van der Waals surface area (Å²) in [6.45, 7) is 1.94. The van der Waals surface area contributed by atoms with Crippen molar-refractivity contribution in [2.75, 3.05) is 11.1 Å². The summed E-state index contributed by atoms with van der Waals surface area (Å²) in [7, 11) is 0. The Morgan fingerprint density at radius 2 is 2.05 bits per heavy atom. The SMILES string of the molecule is CC(Nc1ncc(N)cc1C(=O)O)c1ccccc1. The standard InChI is InChI=1S/C14H15N3O2/c1-9(10-5-3-2-4-6-10)17-13-12(14(18)19)7-11(15)8-16-13/h2-9H,15H2,1H3,(H,16,17)(H,18,19). The maximum Gasteiger partial charge on any atom is 0.339 e. The van der Waals surface area contributed by atoms with E-state index in [1.165, 1.54) is 12.3 Å². The van der Waals surface area contributed by atoms with Crippen LogP contribution in [0, 0.1) is 0 Å². The smallest absolute Gasteiger partial charge is 0.339 e. The summed E-state index contributed by atoms with van der Waals surface area (Å²) >= 11 is 0. The first kappa shape index (κ1) is 12.9. The number of nitrogens with one attached hydrogen (secondary N) is 1. The van der Waals surface area contributed by atoms with E-state index in [0.29, 0.717) is 11.5 Å². The van der Waals surface area contributed by atoms with Gasteiger partial charge in [-0.25, -0.2) is 9.78 Å². The number of carbonyl (C=O) groups is 1. The zero-order valence-corrected chi connectivity index (χ0v) is 10.5. The lowest BCUT2D eigenvalue weighted by Crippen LogP contribution is -2.12. The molecule has 0 aliphatic carbocycles. The third kappa shape index (κ3) is 3.01. The fourth-order valence-corrected chi connectivity index (χ4v) is 1.79. The van der Waals surface area contributed by atoms with E-state index in [4.69, 9.17) is 10.8 Å². The summed E-state index contributed by atoms with van der Waals surface area (Å²) in [5.74, 6) is -0.736. The van der Waals surface area contributed by atoms with Crippen LogP contribution < -0.4 is 11.1 Å². The van der Waals surface area contributed by atoms with Gasteiger partial charge in [0.2, 0.25) is 0 Å². The van der Waals surface area contributed by atoms with E-state index in [1.807, 2.05) is 37.3 Å². The predicted molar refractivity (Wildman–Crippen MR) is 74.1 cm³/mol. The van der Waals surface area contributed by atoms with Crippen molar-refractivity contribution in [3.05, 3.63) is 53.7 Å². The highest BCUT2D eigenvalue weighted by Crippen LogP contribution is 2.21. The van der Waals surface area contributed by atoms with Gasteiger partial charge in [0.25, 0.3) is 0 Å². The van der Waals surface area contributed by atoms with Crippen LogP contribution in [0.3, 0.4) is 0 Å². The number of hydrogen-bond donors (Lipinski definition) is 3. The van der Waals surface area contributed by atoms with Crippen LogP contribution in [0.4, 0.5) is 11.5 Å². The van der Waals surface area contributed by atoms with Gasteiger partial charge in [0.05, 0.1) is 11.9 Å². The van der Waals surface area contributed by atoms with Crippen molar-refractivity contribution >= 4 is 17.5 Å². The lowest BCUT2D eigenvalue weighted by Gasteiger charge is -2.16. The third-order valence-corrected chi connectivity index (χ3v) is 2.79. The number of carboxylic acids is 1. The zero-order chi connectivity index (χ0) is 13.8. The summed E-state index contributed by atoms with van der Waals surface area (Å²) in [6.07, 6.45) is 1.44. The minimum atomic E-state index is -1.05. The summed E-state index contributed by atoms with van der Waals surface area (Å²) in [5.41, 5.74) is 7.01. The third-order valence-electron chi connectivity index (χ3n) is 2.79. The van der Waals surface area contributed by atoms with Gasteiger partial charge in [-0.3, -0.25) is 0 Å².